The molecule has 3 N–H and O–H groups in total. The number of para-hydroxylation sites is 1. The number of carbonyl (C=O) groups excluding carboxylic acids is 1. The third-order valence-electron chi connectivity index (χ3n) is 3.77. The maximum absolute atomic E-state index is 12.2. The van der Waals surface area contributed by atoms with E-state index in [-0.39, 0.29) is 5.91 Å². The molecule has 1 heterocycles. The van der Waals surface area contributed by atoms with Crippen LogP contribution in [0.5, 0.6) is 0 Å². The van der Waals surface area contributed by atoms with Gasteiger partial charge in [0.15, 0.2) is 0 Å². The molecule has 0 bridgehead atoms. The van der Waals surface area contributed by atoms with Crippen molar-refractivity contribution in [2.45, 2.75) is 19.8 Å². The van der Waals surface area contributed by atoms with Crippen molar-refractivity contribution in [3.05, 3.63) is 60.3 Å². The minimum Gasteiger partial charge on any atom is -0.385 e. The molecule has 0 fully saturated rings. The van der Waals surface area contributed by atoms with E-state index in [1.807, 2.05) is 54.7 Å². The first-order valence-electron chi connectivity index (χ1n) is 7.95. The predicted molar refractivity (Wildman–Crippen MR) is 95.9 cm³/mol. The normalized spacial score (nSPS) is 10.7. The highest BCUT2D eigenvalue weighted by atomic mass is 16.1. The summed E-state index contributed by atoms with van der Waals surface area (Å²) in [4.78, 5) is 15.4. The van der Waals surface area contributed by atoms with Crippen molar-refractivity contribution in [1.82, 2.24) is 4.98 Å². The molecule has 0 saturated carbocycles. The first-order chi connectivity index (χ1) is 11.3. The summed E-state index contributed by atoms with van der Waals surface area (Å²) in [6, 6.07) is 15.8. The van der Waals surface area contributed by atoms with E-state index in [0.29, 0.717) is 6.42 Å². The zero-order valence-electron chi connectivity index (χ0n) is 13.2. The van der Waals surface area contributed by atoms with Crippen LogP contribution in [0.2, 0.25) is 0 Å². The van der Waals surface area contributed by atoms with Gasteiger partial charge >= 0.3 is 0 Å². The molecule has 0 aliphatic carbocycles. The monoisotopic (exact) mass is 307 g/mol. The molecule has 1 amide bonds. The molecular formula is C19H21N3O. The average molecular weight is 307 g/mol. The van der Waals surface area contributed by atoms with Crippen LogP contribution in [0.25, 0.3) is 10.9 Å². The lowest BCUT2D eigenvalue weighted by Crippen LogP contribution is -2.14. The molecule has 0 aliphatic rings. The Morgan fingerprint density at radius 1 is 1.04 bits per heavy atom. The Hall–Kier alpha value is -2.75. The van der Waals surface area contributed by atoms with Gasteiger partial charge in [0.05, 0.1) is 6.42 Å². The summed E-state index contributed by atoms with van der Waals surface area (Å²) in [7, 11) is 0. The minimum atomic E-state index is -0.0102. The van der Waals surface area contributed by atoms with Crippen LogP contribution < -0.4 is 10.6 Å². The topological polar surface area (TPSA) is 56.9 Å². The van der Waals surface area contributed by atoms with Gasteiger partial charge in [0.25, 0.3) is 0 Å². The summed E-state index contributed by atoms with van der Waals surface area (Å²) in [6.45, 7) is 3.08. The number of benzene rings is 2. The SMILES string of the molecule is CCCNc1ccc(NC(=O)Cc2c[nH]c3ccccc23)cc1. The van der Waals surface area contributed by atoms with E-state index in [0.717, 1.165) is 40.8 Å². The Kier molecular flexibility index (Phi) is 4.62. The van der Waals surface area contributed by atoms with Crippen LogP contribution >= 0.6 is 0 Å². The highest BCUT2D eigenvalue weighted by Gasteiger charge is 2.08. The fourth-order valence-electron chi connectivity index (χ4n) is 2.60. The van der Waals surface area contributed by atoms with Crippen LogP contribution in [0.4, 0.5) is 11.4 Å². The van der Waals surface area contributed by atoms with Crippen LogP contribution in [-0.2, 0) is 11.2 Å². The van der Waals surface area contributed by atoms with Crippen LogP contribution in [-0.4, -0.2) is 17.4 Å². The summed E-state index contributed by atoms with van der Waals surface area (Å²) in [5.74, 6) is -0.0102. The fraction of sp³-hybridized carbons (Fsp3) is 0.211. The molecule has 3 rings (SSSR count). The molecule has 2 aromatic carbocycles. The second-order valence-electron chi connectivity index (χ2n) is 5.59. The Morgan fingerprint density at radius 3 is 2.57 bits per heavy atom. The zero-order chi connectivity index (χ0) is 16.1. The lowest BCUT2D eigenvalue weighted by molar-refractivity contribution is -0.115. The fourth-order valence-corrected chi connectivity index (χ4v) is 2.60. The average Bonchev–Trinajstić information content (AvgIpc) is 2.97. The van der Waals surface area contributed by atoms with Crippen molar-refractivity contribution < 1.29 is 4.79 Å². The highest BCUT2D eigenvalue weighted by Crippen LogP contribution is 2.19. The molecular weight excluding hydrogens is 286 g/mol. The summed E-state index contributed by atoms with van der Waals surface area (Å²) in [5, 5.41) is 7.36. The van der Waals surface area contributed by atoms with Crippen molar-refractivity contribution in [2.24, 2.45) is 0 Å². The number of rotatable bonds is 6. The van der Waals surface area contributed by atoms with E-state index in [1.165, 1.54) is 0 Å². The molecule has 3 aromatic rings. The van der Waals surface area contributed by atoms with E-state index >= 15 is 0 Å². The first kappa shape index (κ1) is 15.2. The van der Waals surface area contributed by atoms with Gasteiger partial charge in [-0.15, -0.1) is 0 Å². The van der Waals surface area contributed by atoms with Gasteiger partial charge < -0.3 is 15.6 Å². The van der Waals surface area contributed by atoms with E-state index in [9.17, 15) is 4.79 Å². The van der Waals surface area contributed by atoms with Gasteiger partial charge in [-0.05, 0) is 42.3 Å². The van der Waals surface area contributed by atoms with Gasteiger partial charge in [0, 0.05) is 35.0 Å². The zero-order valence-corrected chi connectivity index (χ0v) is 13.2. The lowest BCUT2D eigenvalue weighted by atomic mass is 10.1. The van der Waals surface area contributed by atoms with Crippen LogP contribution in [0.1, 0.15) is 18.9 Å². The van der Waals surface area contributed by atoms with E-state index < -0.39 is 0 Å². The van der Waals surface area contributed by atoms with Gasteiger partial charge in [-0.2, -0.15) is 0 Å². The Labute approximate surface area is 135 Å². The molecule has 0 aliphatic heterocycles. The van der Waals surface area contributed by atoms with E-state index in [4.69, 9.17) is 0 Å². The smallest absolute Gasteiger partial charge is 0.228 e. The van der Waals surface area contributed by atoms with Crippen molar-refractivity contribution in [3.63, 3.8) is 0 Å². The van der Waals surface area contributed by atoms with Gasteiger partial charge in [0.2, 0.25) is 5.91 Å². The van der Waals surface area contributed by atoms with Crippen molar-refractivity contribution in [1.29, 1.82) is 0 Å². The maximum atomic E-state index is 12.2. The third-order valence-corrected chi connectivity index (χ3v) is 3.77. The summed E-state index contributed by atoms with van der Waals surface area (Å²) in [6.07, 6.45) is 3.35. The van der Waals surface area contributed by atoms with Crippen molar-refractivity contribution >= 4 is 28.2 Å². The van der Waals surface area contributed by atoms with Crippen molar-refractivity contribution in [2.75, 3.05) is 17.2 Å². The summed E-state index contributed by atoms with van der Waals surface area (Å²) >= 11 is 0. The molecule has 0 atom stereocenters. The molecule has 23 heavy (non-hydrogen) atoms. The number of hydrogen-bond donors (Lipinski definition) is 3. The second-order valence-corrected chi connectivity index (χ2v) is 5.59. The predicted octanol–water partition coefficient (Wildman–Crippen LogP) is 4.17. The Balaban J connectivity index is 1.63. The largest absolute Gasteiger partial charge is 0.385 e. The number of nitrogens with one attached hydrogen (secondary N) is 3. The lowest BCUT2D eigenvalue weighted by Gasteiger charge is -2.08. The Morgan fingerprint density at radius 2 is 1.78 bits per heavy atom. The molecule has 0 spiro atoms. The highest BCUT2D eigenvalue weighted by molar-refractivity contribution is 5.95. The number of H-pyrrole nitrogens is 1. The van der Waals surface area contributed by atoms with Gasteiger partial charge in [0.1, 0.15) is 0 Å². The first-order valence-corrected chi connectivity index (χ1v) is 7.95. The maximum Gasteiger partial charge on any atom is 0.228 e. The molecule has 0 unspecified atom stereocenters. The number of hydrogen-bond acceptors (Lipinski definition) is 2. The quantitative estimate of drug-likeness (QED) is 0.640. The summed E-state index contributed by atoms with van der Waals surface area (Å²) in [5.41, 5.74) is 3.96. The van der Waals surface area contributed by atoms with Crippen LogP contribution in [0.15, 0.2) is 54.7 Å². The van der Waals surface area contributed by atoms with Gasteiger partial charge in [-0.25, -0.2) is 0 Å². The number of aromatic nitrogens is 1. The number of anilines is 2. The second kappa shape index (κ2) is 7.01. The van der Waals surface area contributed by atoms with E-state index in [2.05, 4.69) is 22.5 Å². The minimum absolute atomic E-state index is 0.0102. The molecule has 1 aromatic heterocycles. The number of carbonyl (C=O) groups is 1. The van der Waals surface area contributed by atoms with Crippen molar-refractivity contribution in [3.8, 4) is 0 Å². The molecule has 0 radical (unpaired) electrons. The molecule has 4 heteroatoms. The number of fused-ring (bicyclic) bond motifs is 1. The van der Waals surface area contributed by atoms with Crippen LogP contribution in [0.3, 0.4) is 0 Å². The molecule has 4 nitrogen and oxygen atoms in total. The Bertz CT molecular complexity index is 790. The molecule has 118 valence electrons. The van der Waals surface area contributed by atoms with Gasteiger partial charge in [-0.3, -0.25) is 4.79 Å². The van der Waals surface area contributed by atoms with Crippen LogP contribution in [0, 0.1) is 0 Å². The third kappa shape index (κ3) is 3.72. The standard InChI is InChI=1S/C19H21N3O/c1-2-11-20-15-7-9-16(10-8-15)22-19(23)12-14-13-21-18-6-4-3-5-17(14)18/h3-10,13,20-21H,2,11-12H2,1H3,(H,22,23). The van der Waals surface area contributed by atoms with Gasteiger partial charge in [-0.1, -0.05) is 25.1 Å². The number of amides is 1. The van der Waals surface area contributed by atoms with E-state index in [1.54, 1.807) is 0 Å². The summed E-state index contributed by atoms with van der Waals surface area (Å²) < 4.78 is 0. The number of aromatic amines is 1. The molecule has 0 saturated heterocycles.